The second-order valence-corrected chi connectivity index (χ2v) is 2.83. The smallest absolute Gasteiger partial charge is 0.0752 e. The van der Waals surface area contributed by atoms with E-state index in [4.69, 9.17) is 15.7 Å². The third-order valence-corrected chi connectivity index (χ3v) is 1.88. The Hall–Kier alpha value is -0.290. The van der Waals surface area contributed by atoms with E-state index in [9.17, 15) is 0 Å². The van der Waals surface area contributed by atoms with E-state index in [1.807, 2.05) is 0 Å². The number of aliphatic hydroxyl groups excluding tert-OH is 2. The zero-order valence-electron chi connectivity index (χ0n) is 5.18. The number of nitrogens with zero attached hydrogens (tertiary/aromatic N) is 3. The van der Waals surface area contributed by atoms with Gasteiger partial charge in [0.1, 0.15) is 0 Å². The van der Waals surface area contributed by atoms with E-state index in [0.29, 0.717) is 0 Å². The maximum absolute atomic E-state index is 8.55. The van der Waals surface area contributed by atoms with Gasteiger partial charge >= 0.3 is 0 Å². The van der Waals surface area contributed by atoms with E-state index in [1.165, 1.54) is 0 Å². The third-order valence-electron chi connectivity index (χ3n) is 0.979. The quantitative estimate of drug-likeness (QED) is 0.304. The minimum absolute atomic E-state index is 0.162. The van der Waals surface area contributed by atoms with Crippen molar-refractivity contribution in [3.63, 3.8) is 0 Å². The van der Waals surface area contributed by atoms with Crippen molar-refractivity contribution < 1.29 is 10.2 Å². The van der Waals surface area contributed by atoms with Crippen LogP contribution in [0.4, 0.5) is 0 Å². The van der Waals surface area contributed by atoms with Gasteiger partial charge < -0.3 is 10.2 Å². The van der Waals surface area contributed by atoms with Gasteiger partial charge in [-0.05, 0) is 5.53 Å². The van der Waals surface area contributed by atoms with Gasteiger partial charge in [0.25, 0.3) is 0 Å². The summed E-state index contributed by atoms with van der Waals surface area (Å²) in [6.45, 7) is -0.426. The maximum Gasteiger partial charge on any atom is 0.0752 e. The van der Waals surface area contributed by atoms with Crippen LogP contribution < -0.4 is 0 Å². The molecule has 0 heterocycles. The standard InChI is InChI=1S/C4H8BrN3O2/c5-3(1-9)4(2-10)7-8-6/h3-4,9-10H,1-2H2/t3-,4-/m1/s1. The van der Waals surface area contributed by atoms with Gasteiger partial charge in [-0.3, -0.25) is 0 Å². The van der Waals surface area contributed by atoms with Gasteiger partial charge in [0.05, 0.1) is 19.3 Å². The number of hydrogen-bond donors (Lipinski definition) is 2. The molecule has 0 fully saturated rings. The summed E-state index contributed by atoms with van der Waals surface area (Å²) in [7, 11) is 0. The summed E-state index contributed by atoms with van der Waals surface area (Å²) in [6.07, 6.45) is 0. The Labute approximate surface area is 66.4 Å². The molecule has 0 rings (SSSR count). The van der Waals surface area contributed by atoms with Crippen molar-refractivity contribution in [1.29, 1.82) is 0 Å². The number of alkyl halides is 1. The molecule has 0 aliphatic rings. The lowest BCUT2D eigenvalue weighted by molar-refractivity contribution is 0.228. The summed E-state index contributed by atoms with van der Waals surface area (Å²) in [4.78, 5) is 2.13. The molecule has 0 aromatic carbocycles. The highest BCUT2D eigenvalue weighted by Gasteiger charge is 2.14. The lowest BCUT2D eigenvalue weighted by atomic mass is 10.2. The van der Waals surface area contributed by atoms with E-state index in [-0.39, 0.29) is 18.0 Å². The van der Waals surface area contributed by atoms with Crippen LogP contribution in [0.5, 0.6) is 0 Å². The van der Waals surface area contributed by atoms with Crippen molar-refractivity contribution in [2.75, 3.05) is 13.2 Å². The molecule has 5 nitrogen and oxygen atoms in total. The van der Waals surface area contributed by atoms with Crippen molar-refractivity contribution in [2.45, 2.75) is 10.9 Å². The van der Waals surface area contributed by atoms with E-state index < -0.39 is 6.04 Å². The number of azide groups is 1. The summed E-state index contributed by atoms with van der Waals surface area (Å²) in [5.41, 5.74) is 7.96. The van der Waals surface area contributed by atoms with Gasteiger partial charge in [-0.2, -0.15) is 0 Å². The first kappa shape index (κ1) is 9.71. The van der Waals surface area contributed by atoms with Crippen LogP contribution in [-0.4, -0.2) is 34.3 Å². The predicted octanol–water partition coefficient (Wildman–Crippen LogP) is 0.413. The highest BCUT2D eigenvalue weighted by Crippen LogP contribution is 2.07. The first-order valence-electron chi connectivity index (χ1n) is 2.66. The fraction of sp³-hybridized carbons (Fsp3) is 1.00. The molecule has 2 atom stereocenters. The molecule has 0 aliphatic heterocycles. The number of aliphatic hydroxyl groups is 2. The van der Waals surface area contributed by atoms with Crippen LogP contribution in [0.3, 0.4) is 0 Å². The molecule has 0 amide bonds. The summed E-state index contributed by atoms with van der Waals surface area (Å²) in [5, 5.41) is 20.3. The molecule has 0 aromatic rings. The van der Waals surface area contributed by atoms with Crippen molar-refractivity contribution >= 4 is 15.9 Å². The normalized spacial score (nSPS) is 15.5. The molecule has 0 saturated carbocycles. The lowest BCUT2D eigenvalue weighted by Gasteiger charge is -2.10. The first-order chi connectivity index (χ1) is 4.76. The van der Waals surface area contributed by atoms with Gasteiger partial charge in [-0.1, -0.05) is 21.0 Å². The SMILES string of the molecule is [N-]=[N+]=N[C@H](CO)[C@H](Br)CO. The monoisotopic (exact) mass is 209 g/mol. The topological polar surface area (TPSA) is 89.2 Å². The minimum atomic E-state index is -0.588. The minimum Gasteiger partial charge on any atom is -0.396 e. The lowest BCUT2D eigenvalue weighted by Crippen LogP contribution is -2.25. The Balaban J connectivity index is 3.91. The van der Waals surface area contributed by atoms with Crippen molar-refractivity contribution in [2.24, 2.45) is 5.11 Å². The van der Waals surface area contributed by atoms with Crippen molar-refractivity contribution in [3.8, 4) is 0 Å². The highest BCUT2D eigenvalue weighted by atomic mass is 79.9. The molecule has 0 radical (unpaired) electrons. The largest absolute Gasteiger partial charge is 0.396 e. The van der Waals surface area contributed by atoms with Gasteiger partial charge in [0.2, 0.25) is 0 Å². The van der Waals surface area contributed by atoms with E-state index >= 15 is 0 Å². The summed E-state index contributed by atoms with van der Waals surface area (Å²) in [6, 6.07) is -0.588. The third kappa shape index (κ3) is 3.03. The second-order valence-electron chi connectivity index (χ2n) is 1.65. The molecule has 0 aromatic heterocycles. The van der Waals surface area contributed by atoms with Crippen LogP contribution in [0.1, 0.15) is 0 Å². The molecular weight excluding hydrogens is 202 g/mol. The Bertz CT molecular complexity index is 136. The van der Waals surface area contributed by atoms with Crippen LogP contribution in [-0.2, 0) is 0 Å². The average Bonchev–Trinajstić information content (AvgIpc) is 1.99. The summed E-state index contributed by atoms with van der Waals surface area (Å²) < 4.78 is 0. The molecule has 0 spiro atoms. The van der Waals surface area contributed by atoms with E-state index in [1.54, 1.807) is 0 Å². The summed E-state index contributed by atoms with van der Waals surface area (Å²) in [5.74, 6) is 0. The fourth-order valence-electron chi connectivity index (χ4n) is 0.411. The molecule has 58 valence electrons. The molecule has 6 heteroatoms. The highest BCUT2D eigenvalue weighted by molar-refractivity contribution is 9.09. The molecule has 0 aliphatic carbocycles. The Morgan fingerprint density at radius 2 is 2.10 bits per heavy atom. The molecular formula is C4H8BrN3O2. The fourth-order valence-corrected chi connectivity index (χ4v) is 0.684. The van der Waals surface area contributed by atoms with Gasteiger partial charge in [-0.25, -0.2) is 0 Å². The van der Waals surface area contributed by atoms with Crippen LogP contribution in [0.2, 0.25) is 0 Å². The molecule has 0 unspecified atom stereocenters. The van der Waals surface area contributed by atoms with Crippen LogP contribution in [0.15, 0.2) is 5.11 Å². The van der Waals surface area contributed by atoms with E-state index in [0.717, 1.165) is 0 Å². The molecule has 2 N–H and O–H groups in total. The zero-order valence-corrected chi connectivity index (χ0v) is 6.77. The Morgan fingerprint density at radius 3 is 2.40 bits per heavy atom. The maximum atomic E-state index is 8.55. The van der Waals surface area contributed by atoms with Gasteiger partial charge in [0, 0.05) is 9.74 Å². The first-order valence-corrected chi connectivity index (χ1v) is 3.57. The van der Waals surface area contributed by atoms with Gasteiger partial charge in [-0.15, -0.1) is 0 Å². The second kappa shape index (κ2) is 5.49. The molecule has 0 saturated heterocycles. The number of rotatable bonds is 4. The number of hydrogen-bond acceptors (Lipinski definition) is 3. The van der Waals surface area contributed by atoms with Crippen LogP contribution >= 0.6 is 15.9 Å². The average molecular weight is 210 g/mol. The molecule has 0 bridgehead atoms. The van der Waals surface area contributed by atoms with Crippen molar-refractivity contribution in [3.05, 3.63) is 10.4 Å². The Kier molecular flexibility index (Phi) is 5.33. The zero-order chi connectivity index (χ0) is 7.98. The summed E-state index contributed by atoms with van der Waals surface area (Å²) >= 11 is 3.03. The van der Waals surface area contributed by atoms with Crippen molar-refractivity contribution in [1.82, 2.24) is 0 Å². The Morgan fingerprint density at radius 1 is 1.50 bits per heavy atom. The van der Waals surface area contributed by atoms with Crippen LogP contribution in [0.25, 0.3) is 10.4 Å². The van der Waals surface area contributed by atoms with Crippen LogP contribution in [0, 0.1) is 0 Å². The predicted molar refractivity (Wildman–Crippen MR) is 39.8 cm³/mol. The molecule has 10 heavy (non-hydrogen) atoms. The van der Waals surface area contributed by atoms with Gasteiger partial charge in [0.15, 0.2) is 0 Å². The van der Waals surface area contributed by atoms with E-state index in [2.05, 4.69) is 26.0 Å². The number of halogens is 1.